The third-order valence-electron chi connectivity index (χ3n) is 3.90. The highest BCUT2D eigenvalue weighted by atomic mass is 16.5. The van der Waals surface area contributed by atoms with Crippen molar-refractivity contribution >= 4 is 29.9 Å². The van der Waals surface area contributed by atoms with E-state index in [1.54, 1.807) is 19.9 Å². The number of esters is 1. The van der Waals surface area contributed by atoms with Crippen LogP contribution in [0.4, 0.5) is 4.79 Å². The standard InChI is InChI=1S/C17H18N2O5/c1-11(2)17(14(21)18-16(23)19-15(17)22)10-24-13(20)9-8-12-6-4-3-5-7-12/h3-9,11H,10H2,1-2H3,(H2,18,19,21,22,23)/b9-8+. The molecular weight excluding hydrogens is 312 g/mol. The number of amides is 4. The first-order valence-corrected chi connectivity index (χ1v) is 7.43. The molecule has 1 aliphatic heterocycles. The highest BCUT2D eigenvalue weighted by Crippen LogP contribution is 2.30. The summed E-state index contributed by atoms with van der Waals surface area (Å²) >= 11 is 0. The molecule has 1 aromatic rings. The van der Waals surface area contributed by atoms with E-state index in [1.165, 1.54) is 6.08 Å². The SMILES string of the molecule is CC(C)C1(COC(=O)/C=C/c2ccccc2)C(=O)NC(=O)NC1=O. The van der Waals surface area contributed by atoms with Crippen LogP contribution in [-0.2, 0) is 19.1 Å². The minimum Gasteiger partial charge on any atom is -0.461 e. The minimum absolute atomic E-state index is 0.451. The molecule has 7 heteroatoms. The van der Waals surface area contributed by atoms with Crippen LogP contribution in [0.3, 0.4) is 0 Å². The third-order valence-corrected chi connectivity index (χ3v) is 3.90. The molecule has 0 saturated carbocycles. The van der Waals surface area contributed by atoms with Crippen LogP contribution < -0.4 is 10.6 Å². The molecule has 1 saturated heterocycles. The number of benzene rings is 1. The second-order valence-electron chi connectivity index (χ2n) is 5.72. The van der Waals surface area contributed by atoms with Gasteiger partial charge in [-0.1, -0.05) is 44.2 Å². The number of carbonyl (C=O) groups excluding carboxylic acids is 4. The summed E-state index contributed by atoms with van der Waals surface area (Å²) in [5, 5.41) is 4.09. The molecule has 1 fully saturated rings. The molecule has 1 heterocycles. The number of imide groups is 2. The topological polar surface area (TPSA) is 102 Å². The van der Waals surface area contributed by atoms with Crippen molar-refractivity contribution in [3.05, 3.63) is 42.0 Å². The Hall–Kier alpha value is -2.96. The van der Waals surface area contributed by atoms with Crippen LogP contribution in [0.1, 0.15) is 19.4 Å². The largest absolute Gasteiger partial charge is 0.461 e. The third kappa shape index (κ3) is 3.51. The van der Waals surface area contributed by atoms with Gasteiger partial charge >= 0.3 is 12.0 Å². The Kier molecular flexibility index (Phi) is 5.13. The van der Waals surface area contributed by atoms with Crippen LogP contribution in [0.15, 0.2) is 36.4 Å². The van der Waals surface area contributed by atoms with Crippen molar-refractivity contribution in [2.75, 3.05) is 6.61 Å². The monoisotopic (exact) mass is 330 g/mol. The van der Waals surface area contributed by atoms with E-state index in [1.807, 2.05) is 41.0 Å². The second-order valence-corrected chi connectivity index (χ2v) is 5.72. The molecule has 0 atom stereocenters. The fraction of sp³-hybridized carbons (Fsp3) is 0.294. The molecule has 0 bridgehead atoms. The van der Waals surface area contributed by atoms with Gasteiger partial charge in [-0.05, 0) is 17.6 Å². The molecular formula is C17H18N2O5. The van der Waals surface area contributed by atoms with Crippen molar-refractivity contribution in [3.8, 4) is 0 Å². The van der Waals surface area contributed by atoms with Crippen LogP contribution in [0.25, 0.3) is 6.08 Å². The van der Waals surface area contributed by atoms with E-state index < -0.39 is 41.8 Å². The maximum absolute atomic E-state index is 12.2. The summed E-state index contributed by atoms with van der Waals surface area (Å²) in [6.45, 7) is 2.83. The van der Waals surface area contributed by atoms with Gasteiger partial charge in [-0.2, -0.15) is 0 Å². The lowest BCUT2D eigenvalue weighted by Gasteiger charge is -2.36. The van der Waals surface area contributed by atoms with Crippen molar-refractivity contribution in [3.63, 3.8) is 0 Å². The summed E-state index contributed by atoms with van der Waals surface area (Å²) in [4.78, 5) is 47.4. The zero-order chi connectivity index (χ0) is 17.7. The van der Waals surface area contributed by atoms with Gasteiger partial charge in [0.05, 0.1) is 0 Å². The quantitative estimate of drug-likeness (QED) is 0.481. The van der Waals surface area contributed by atoms with Crippen LogP contribution in [0.5, 0.6) is 0 Å². The van der Waals surface area contributed by atoms with Gasteiger partial charge in [0.1, 0.15) is 6.61 Å². The molecule has 1 aromatic carbocycles. The van der Waals surface area contributed by atoms with E-state index in [4.69, 9.17) is 4.74 Å². The maximum Gasteiger partial charge on any atom is 0.330 e. The first kappa shape index (κ1) is 17.4. The molecule has 4 amide bonds. The van der Waals surface area contributed by atoms with E-state index in [9.17, 15) is 19.2 Å². The summed E-state index contributed by atoms with van der Waals surface area (Å²) in [5.41, 5.74) is -0.823. The summed E-state index contributed by atoms with van der Waals surface area (Å²) < 4.78 is 5.09. The van der Waals surface area contributed by atoms with Gasteiger partial charge < -0.3 is 4.74 Å². The molecule has 126 valence electrons. The summed E-state index contributed by atoms with van der Waals surface area (Å²) in [6.07, 6.45) is 2.78. The van der Waals surface area contributed by atoms with E-state index >= 15 is 0 Å². The number of carbonyl (C=O) groups is 4. The Bertz CT molecular complexity index is 674. The predicted molar refractivity (Wildman–Crippen MR) is 85.4 cm³/mol. The average Bonchev–Trinajstić information content (AvgIpc) is 2.53. The van der Waals surface area contributed by atoms with E-state index in [0.717, 1.165) is 5.56 Å². The smallest absolute Gasteiger partial charge is 0.330 e. The summed E-state index contributed by atoms with van der Waals surface area (Å²) in [7, 11) is 0. The highest BCUT2D eigenvalue weighted by molar-refractivity contribution is 6.19. The fourth-order valence-corrected chi connectivity index (χ4v) is 2.35. The first-order valence-electron chi connectivity index (χ1n) is 7.43. The van der Waals surface area contributed by atoms with Gasteiger partial charge in [0.2, 0.25) is 11.8 Å². The van der Waals surface area contributed by atoms with Crippen molar-refractivity contribution in [1.82, 2.24) is 10.6 Å². The fourth-order valence-electron chi connectivity index (χ4n) is 2.35. The lowest BCUT2D eigenvalue weighted by molar-refractivity contribution is -0.157. The Morgan fingerprint density at radius 1 is 1.12 bits per heavy atom. The van der Waals surface area contributed by atoms with Crippen molar-refractivity contribution in [1.29, 1.82) is 0 Å². The zero-order valence-electron chi connectivity index (χ0n) is 13.4. The lowest BCUT2D eigenvalue weighted by atomic mass is 9.75. The first-order chi connectivity index (χ1) is 11.4. The Morgan fingerprint density at radius 2 is 1.71 bits per heavy atom. The molecule has 7 nitrogen and oxygen atoms in total. The number of nitrogens with one attached hydrogen (secondary N) is 2. The Labute approximate surface area is 139 Å². The van der Waals surface area contributed by atoms with Gasteiger partial charge in [-0.25, -0.2) is 9.59 Å². The predicted octanol–water partition coefficient (Wildman–Crippen LogP) is 1.25. The van der Waals surface area contributed by atoms with Gasteiger partial charge in [0.25, 0.3) is 0 Å². The normalized spacial score (nSPS) is 16.9. The highest BCUT2D eigenvalue weighted by Gasteiger charge is 2.53. The molecule has 0 aliphatic carbocycles. The summed E-state index contributed by atoms with van der Waals surface area (Å²) in [5.74, 6) is -2.70. The van der Waals surface area contributed by atoms with Crippen LogP contribution in [0, 0.1) is 11.3 Å². The molecule has 24 heavy (non-hydrogen) atoms. The minimum atomic E-state index is -1.63. The van der Waals surface area contributed by atoms with Crippen LogP contribution >= 0.6 is 0 Å². The maximum atomic E-state index is 12.2. The number of barbiturate groups is 1. The molecule has 1 aliphatic rings. The second kappa shape index (κ2) is 7.08. The van der Waals surface area contributed by atoms with Crippen molar-refractivity contribution in [2.24, 2.45) is 11.3 Å². The van der Waals surface area contributed by atoms with Crippen molar-refractivity contribution in [2.45, 2.75) is 13.8 Å². The number of rotatable bonds is 5. The van der Waals surface area contributed by atoms with Gasteiger partial charge in [0, 0.05) is 6.08 Å². The Morgan fingerprint density at radius 3 is 2.25 bits per heavy atom. The molecule has 0 unspecified atom stereocenters. The molecule has 2 N–H and O–H groups in total. The number of hydrogen-bond acceptors (Lipinski definition) is 5. The molecule has 0 radical (unpaired) electrons. The van der Waals surface area contributed by atoms with Gasteiger partial charge in [-0.3, -0.25) is 20.2 Å². The number of ether oxygens (including phenoxy) is 1. The zero-order valence-corrected chi connectivity index (χ0v) is 13.4. The van der Waals surface area contributed by atoms with Gasteiger partial charge in [0.15, 0.2) is 5.41 Å². The van der Waals surface area contributed by atoms with E-state index in [-0.39, 0.29) is 0 Å². The van der Waals surface area contributed by atoms with E-state index in [0.29, 0.717) is 0 Å². The summed E-state index contributed by atoms with van der Waals surface area (Å²) in [6, 6.07) is 8.25. The van der Waals surface area contributed by atoms with Gasteiger partial charge in [-0.15, -0.1) is 0 Å². The molecule has 0 aromatic heterocycles. The molecule has 2 rings (SSSR count). The average molecular weight is 330 g/mol. The van der Waals surface area contributed by atoms with Crippen LogP contribution in [-0.4, -0.2) is 30.4 Å². The Balaban J connectivity index is 2.08. The number of hydrogen-bond donors (Lipinski definition) is 2. The number of urea groups is 1. The van der Waals surface area contributed by atoms with E-state index in [2.05, 4.69) is 0 Å². The molecule has 0 spiro atoms. The van der Waals surface area contributed by atoms with Crippen molar-refractivity contribution < 1.29 is 23.9 Å². The van der Waals surface area contributed by atoms with Crippen LogP contribution in [0.2, 0.25) is 0 Å². The lowest BCUT2D eigenvalue weighted by Crippen LogP contribution is -2.66.